The minimum Gasteiger partial charge on any atom is -0.300 e. The highest BCUT2D eigenvalue weighted by Gasteiger charge is 2.46. The maximum atomic E-state index is 14.8. The number of sulfonamides is 1. The van der Waals surface area contributed by atoms with Crippen molar-refractivity contribution in [2.45, 2.75) is 42.9 Å². The van der Waals surface area contributed by atoms with E-state index in [2.05, 4.69) is 6.07 Å². The maximum absolute atomic E-state index is 14.8. The van der Waals surface area contributed by atoms with E-state index in [1.807, 2.05) is 30.3 Å². The van der Waals surface area contributed by atoms with Crippen LogP contribution in [0.4, 0.5) is 4.39 Å². The molecule has 2 aromatic carbocycles. The van der Waals surface area contributed by atoms with E-state index in [0.29, 0.717) is 24.9 Å². The van der Waals surface area contributed by atoms with Crippen molar-refractivity contribution >= 4 is 15.8 Å². The number of hydrogen-bond donors (Lipinski definition) is 0. The highest BCUT2D eigenvalue weighted by molar-refractivity contribution is 7.89. The first-order valence-electron chi connectivity index (χ1n) is 9.61. The highest BCUT2D eigenvalue weighted by Crippen LogP contribution is 2.41. The highest BCUT2D eigenvalue weighted by atomic mass is 32.2. The molecule has 1 aliphatic carbocycles. The van der Waals surface area contributed by atoms with Gasteiger partial charge in [-0.15, -0.1) is 0 Å². The van der Waals surface area contributed by atoms with Crippen LogP contribution in [0.15, 0.2) is 48.5 Å². The molecular weight excluding hydrogens is 391 g/mol. The fourth-order valence-electron chi connectivity index (χ4n) is 4.22. The minimum atomic E-state index is -3.61. The molecule has 2 aliphatic rings. The predicted octanol–water partition coefficient (Wildman–Crippen LogP) is 3.62. The average Bonchev–Trinajstić information content (AvgIpc) is 2.68. The Balaban J connectivity index is 1.57. The molecule has 2 aromatic rings. The van der Waals surface area contributed by atoms with E-state index >= 15 is 0 Å². The molecule has 0 amide bonds. The van der Waals surface area contributed by atoms with Crippen LogP contribution in [0.5, 0.6) is 0 Å². The average molecular weight is 412 g/mol. The quantitative estimate of drug-likeness (QED) is 0.768. The third-order valence-electron chi connectivity index (χ3n) is 5.93. The molecule has 1 heterocycles. The van der Waals surface area contributed by atoms with E-state index in [1.54, 1.807) is 6.07 Å². The molecule has 1 saturated carbocycles. The number of benzene rings is 2. The van der Waals surface area contributed by atoms with Gasteiger partial charge < -0.3 is 0 Å². The number of carbonyl (C=O) groups is 1. The van der Waals surface area contributed by atoms with E-state index in [0.717, 1.165) is 5.56 Å². The summed E-state index contributed by atoms with van der Waals surface area (Å²) in [5.74, 6) is -0.559. The Labute approximate surface area is 169 Å². The van der Waals surface area contributed by atoms with Gasteiger partial charge in [-0.25, -0.2) is 12.8 Å². The molecule has 7 heteroatoms. The van der Waals surface area contributed by atoms with Crippen LogP contribution in [0.1, 0.15) is 47.6 Å². The monoisotopic (exact) mass is 412 g/mol. The Hall–Kier alpha value is -2.56. The zero-order valence-corrected chi connectivity index (χ0v) is 16.7. The molecule has 0 radical (unpaired) electrons. The number of Topliss-reactive ketones (excluding diaryl/α,β-unsaturated/α-hetero) is 1. The lowest BCUT2D eigenvalue weighted by Gasteiger charge is -2.35. The maximum Gasteiger partial charge on any atom is 0.221 e. The topological polar surface area (TPSA) is 78.2 Å². The number of halogens is 1. The number of nitriles is 1. The summed E-state index contributed by atoms with van der Waals surface area (Å²) < 4.78 is 42.4. The van der Waals surface area contributed by atoms with Gasteiger partial charge in [-0.1, -0.05) is 42.5 Å². The number of ketones is 1. The van der Waals surface area contributed by atoms with Crippen LogP contribution in [-0.4, -0.2) is 25.1 Å². The van der Waals surface area contributed by atoms with Gasteiger partial charge in [0.25, 0.3) is 0 Å². The number of hydrogen-bond acceptors (Lipinski definition) is 4. The standard InChI is InChI=1S/C22H21FN2O3S/c23-20-11-18(22(15-24)12-19(26)13-22)9-8-17(20)14-25-10-4-7-21(29(25,27)28)16-5-2-1-3-6-16/h1-3,5-6,8-9,11,21H,4,7,10,12-14H2/t21-/m1/s1. The van der Waals surface area contributed by atoms with E-state index in [4.69, 9.17) is 0 Å². The first-order valence-corrected chi connectivity index (χ1v) is 11.1. The molecular formula is C22H21FN2O3S. The fourth-order valence-corrected chi connectivity index (χ4v) is 6.24. The van der Waals surface area contributed by atoms with Crippen LogP contribution in [0.3, 0.4) is 0 Å². The van der Waals surface area contributed by atoms with Gasteiger partial charge in [-0.2, -0.15) is 9.57 Å². The molecule has 4 rings (SSSR count). The fraction of sp³-hybridized carbons (Fsp3) is 0.364. The van der Waals surface area contributed by atoms with Crippen molar-refractivity contribution in [3.63, 3.8) is 0 Å². The summed E-state index contributed by atoms with van der Waals surface area (Å²) in [5, 5.41) is 8.80. The van der Waals surface area contributed by atoms with Crippen molar-refractivity contribution in [1.82, 2.24) is 4.31 Å². The Bertz CT molecular complexity index is 1080. The normalized spacial score (nSPS) is 23.2. The van der Waals surface area contributed by atoms with Crippen LogP contribution in [0, 0.1) is 17.1 Å². The lowest BCUT2D eigenvalue weighted by atomic mass is 9.64. The van der Waals surface area contributed by atoms with Crippen molar-refractivity contribution < 1.29 is 17.6 Å². The van der Waals surface area contributed by atoms with Gasteiger partial charge in [0.2, 0.25) is 10.0 Å². The van der Waals surface area contributed by atoms with Gasteiger partial charge in [-0.3, -0.25) is 4.79 Å². The minimum absolute atomic E-state index is 0.0117. The molecule has 0 unspecified atom stereocenters. The summed E-state index contributed by atoms with van der Waals surface area (Å²) >= 11 is 0. The zero-order valence-electron chi connectivity index (χ0n) is 15.8. The Morgan fingerprint density at radius 3 is 2.52 bits per heavy atom. The molecule has 1 saturated heterocycles. The molecule has 5 nitrogen and oxygen atoms in total. The van der Waals surface area contributed by atoms with Crippen LogP contribution in [0.25, 0.3) is 0 Å². The van der Waals surface area contributed by atoms with Crippen molar-refractivity contribution in [2.75, 3.05) is 6.54 Å². The Morgan fingerprint density at radius 1 is 1.17 bits per heavy atom. The van der Waals surface area contributed by atoms with E-state index in [1.165, 1.54) is 16.4 Å². The van der Waals surface area contributed by atoms with E-state index < -0.39 is 26.5 Å². The third-order valence-corrected chi connectivity index (χ3v) is 8.19. The molecule has 0 spiro atoms. The second-order valence-corrected chi connectivity index (χ2v) is 9.93. The molecule has 0 aromatic heterocycles. The van der Waals surface area contributed by atoms with Gasteiger partial charge in [0.05, 0.1) is 11.5 Å². The predicted molar refractivity (Wildman–Crippen MR) is 106 cm³/mol. The van der Waals surface area contributed by atoms with Crippen LogP contribution in [0.2, 0.25) is 0 Å². The van der Waals surface area contributed by atoms with Crippen molar-refractivity contribution in [3.8, 4) is 6.07 Å². The number of nitrogens with zero attached hydrogens (tertiary/aromatic N) is 2. The first kappa shape index (κ1) is 19.7. The largest absolute Gasteiger partial charge is 0.300 e. The molecule has 2 fully saturated rings. The summed E-state index contributed by atoms with van der Waals surface area (Å²) in [5.41, 5.74) is 0.541. The first-order chi connectivity index (χ1) is 13.9. The van der Waals surface area contributed by atoms with Crippen LogP contribution < -0.4 is 0 Å². The smallest absolute Gasteiger partial charge is 0.221 e. The molecule has 150 valence electrons. The van der Waals surface area contributed by atoms with Crippen LogP contribution >= 0.6 is 0 Å². The lowest BCUT2D eigenvalue weighted by Crippen LogP contribution is -2.41. The third kappa shape index (κ3) is 3.47. The van der Waals surface area contributed by atoms with E-state index in [-0.39, 0.29) is 30.7 Å². The molecule has 0 N–H and O–H groups in total. The Morgan fingerprint density at radius 2 is 1.90 bits per heavy atom. The number of carbonyl (C=O) groups excluding carboxylic acids is 1. The molecule has 29 heavy (non-hydrogen) atoms. The summed E-state index contributed by atoms with van der Waals surface area (Å²) in [6.07, 6.45) is 1.45. The van der Waals surface area contributed by atoms with Crippen LogP contribution in [-0.2, 0) is 26.8 Å². The van der Waals surface area contributed by atoms with Crippen molar-refractivity contribution in [1.29, 1.82) is 5.26 Å². The summed E-state index contributed by atoms with van der Waals surface area (Å²) in [6, 6.07) is 15.7. The van der Waals surface area contributed by atoms with E-state index in [9.17, 15) is 22.9 Å². The lowest BCUT2D eigenvalue weighted by molar-refractivity contribution is -0.126. The van der Waals surface area contributed by atoms with Gasteiger partial charge in [0.15, 0.2) is 0 Å². The second-order valence-electron chi connectivity index (χ2n) is 7.81. The SMILES string of the molecule is N#CC1(c2ccc(CN3CCC[C@H](c4ccccc4)S3(=O)=O)c(F)c2)CC(=O)C1. The van der Waals surface area contributed by atoms with Crippen molar-refractivity contribution in [2.24, 2.45) is 0 Å². The summed E-state index contributed by atoms with van der Waals surface area (Å²) in [7, 11) is -3.61. The number of rotatable bonds is 4. The van der Waals surface area contributed by atoms with Gasteiger partial charge in [0, 0.05) is 31.5 Å². The van der Waals surface area contributed by atoms with Gasteiger partial charge >= 0.3 is 0 Å². The molecule has 1 aliphatic heterocycles. The molecule has 0 bridgehead atoms. The second kappa shape index (κ2) is 7.36. The van der Waals surface area contributed by atoms with Gasteiger partial charge in [0.1, 0.15) is 16.9 Å². The molecule has 1 atom stereocenters. The van der Waals surface area contributed by atoms with Crippen molar-refractivity contribution in [3.05, 3.63) is 71.0 Å². The summed E-state index contributed by atoms with van der Waals surface area (Å²) in [6.45, 7) is 0.305. The zero-order chi connectivity index (χ0) is 20.6. The Kier molecular flexibility index (Phi) is 5.01. The van der Waals surface area contributed by atoms with Gasteiger partial charge in [-0.05, 0) is 30.0 Å². The summed E-state index contributed by atoms with van der Waals surface area (Å²) in [4.78, 5) is 11.4.